The van der Waals surface area contributed by atoms with Crippen LogP contribution in [-0.2, 0) is 25.6 Å². The van der Waals surface area contributed by atoms with Crippen LogP contribution in [0.15, 0.2) is 47.8 Å². The van der Waals surface area contributed by atoms with Gasteiger partial charge < -0.3 is 9.47 Å². The first-order valence-corrected chi connectivity index (χ1v) is 13.1. The SMILES string of the molecule is CC(C)CCCC(=O)c1csc(CN(Cc2cccc(C(C)(F)F)c2)Cc2ccc3c(c2)OCO3)n1. The predicted octanol–water partition coefficient (Wildman–Crippen LogP) is 7.19. The van der Waals surface area contributed by atoms with Crippen LogP contribution < -0.4 is 9.47 Å². The van der Waals surface area contributed by atoms with Crippen molar-refractivity contribution in [1.82, 2.24) is 9.88 Å². The van der Waals surface area contributed by atoms with E-state index in [1.165, 1.54) is 17.4 Å². The summed E-state index contributed by atoms with van der Waals surface area (Å²) in [4.78, 5) is 19.3. The molecule has 1 aliphatic rings. The molecule has 0 fully saturated rings. The number of aromatic nitrogens is 1. The standard InChI is InChI=1S/C28H32F2N2O3S/c1-19(2)6-4-9-24(33)23-17-36-27(31-23)16-32(14-20-7-5-8-22(12-20)28(3,29)30)15-21-10-11-25-26(13-21)35-18-34-25/h5,7-8,10-13,17,19H,4,6,9,14-16,18H2,1-3H3. The van der Waals surface area contributed by atoms with E-state index in [1.807, 2.05) is 29.6 Å². The highest BCUT2D eigenvalue weighted by Crippen LogP contribution is 2.33. The second kappa shape index (κ2) is 11.5. The first kappa shape index (κ1) is 26.2. The highest BCUT2D eigenvalue weighted by molar-refractivity contribution is 7.09. The van der Waals surface area contributed by atoms with E-state index in [-0.39, 0.29) is 18.1 Å². The number of Topliss-reactive ketones (excluding diaryl/α,β-unsaturated/α-hetero) is 1. The maximum absolute atomic E-state index is 13.9. The molecule has 0 amide bonds. The van der Waals surface area contributed by atoms with Crippen LogP contribution in [0.1, 0.15) is 72.2 Å². The van der Waals surface area contributed by atoms with Crippen LogP contribution in [-0.4, -0.2) is 22.5 Å². The van der Waals surface area contributed by atoms with E-state index in [4.69, 9.17) is 9.47 Å². The fraction of sp³-hybridized carbons (Fsp3) is 0.429. The molecule has 1 aliphatic heterocycles. The summed E-state index contributed by atoms with van der Waals surface area (Å²) in [5, 5.41) is 2.64. The van der Waals surface area contributed by atoms with Crippen LogP contribution in [0.5, 0.6) is 11.5 Å². The molecule has 0 bridgehead atoms. The molecule has 2 heterocycles. The summed E-state index contributed by atoms with van der Waals surface area (Å²) in [6.07, 6.45) is 2.38. The topological polar surface area (TPSA) is 51.7 Å². The van der Waals surface area contributed by atoms with E-state index in [9.17, 15) is 13.6 Å². The quantitative estimate of drug-likeness (QED) is 0.239. The van der Waals surface area contributed by atoms with Gasteiger partial charge in [-0.2, -0.15) is 0 Å². The molecule has 192 valence electrons. The van der Waals surface area contributed by atoms with E-state index < -0.39 is 5.92 Å². The fourth-order valence-corrected chi connectivity index (χ4v) is 5.01. The van der Waals surface area contributed by atoms with Gasteiger partial charge in [-0.15, -0.1) is 11.3 Å². The van der Waals surface area contributed by atoms with Crippen LogP contribution in [0, 0.1) is 5.92 Å². The van der Waals surface area contributed by atoms with Crippen molar-refractivity contribution in [1.29, 1.82) is 0 Å². The zero-order valence-corrected chi connectivity index (χ0v) is 21.7. The van der Waals surface area contributed by atoms with Gasteiger partial charge in [0, 0.05) is 37.4 Å². The number of ether oxygens (including phenoxy) is 2. The third kappa shape index (κ3) is 7.11. The Kier molecular flexibility index (Phi) is 8.36. The van der Waals surface area contributed by atoms with Gasteiger partial charge in [-0.3, -0.25) is 9.69 Å². The van der Waals surface area contributed by atoms with Gasteiger partial charge in [0.1, 0.15) is 10.7 Å². The predicted molar refractivity (Wildman–Crippen MR) is 137 cm³/mol. The number of alkyl halides is 2. The summed E-state index contributed by atoms with van der Waals surface area (Å²) in [6.45, 7) is 6.91. The Bertz CT molecular complexity index is 1190. The van der Waals surface area contributed by atoms with Crippen molar-refractivity contribution in [3.05, 3.63) is 75.2 Å². The first-order chi connectivity index (χ1) is 17.2. The molecule has 5 nitrogen and oxygen atoms in total. The average Bonchev–Trinajstić information content (AvgIpc) is 3.47. The molecule has 0 aliphatic carbocycles. The Morgan fingerprint density at radius 2 is 1.83 bits per heavy atom. The molecule has 2 aromatic carbocycles. The van der Waals surface area contributed by atoms with Crippen molar-refractivity contribution in [3.63, 3.8) is 0 Å². The molecule has 4 rings (SSSR count). The second-order valence-electron chi connectivity index (χ2n) is 9.76. The molecule has 1 aromatic heterocycles. The summed E-state index contributed by atoms with van der Waals surface area (Å²) >= 11 is 1.46. The van der Waals surface area contributed by atoms with Crippen molar-refractivity contribution >= 4 is 17.1 Å². The highest BCUT2D eigenvalue weighted by atomic mass is 32.1. The van der Waals surface area contributed by atoms with Crippen LogP contribution >= 0.6 is 11.3 Å². The van der Waals surface area contributed by atoms with E-state index >= 15 is 0 Å². The Morgan fingerprint density at radius 3 is 2.58 bits per heavy atom. The lowest BCUT2D eigenvalue weighted by Crippen LogP contribution is -2.23. The van der Waals surface area contributed by atoms with Crippen LogP contribution in [0.25, 0.3) is 0 Å². The van der Waals surface area contributed by atoms with Gasteiger partial charge in [-0.25, -0.2) is 13.8 Å². The van der Waals surface area contributed by atoms with Gasteiger partial charge in [0.15, 0.2) is 17.3 Å². The number of rotatable bonds is 12. The number of halogens is 2. The normalized spacial score (nSPS) is 13.1. The molecule has 0 N–H and O–H groups in total. The molecule has 0 spiro atoms. The number of carbonyl (C=O) groups is 1. The largest absolute Gasteiger partial charge is 0.454 e. The molecular weight excluding hydrogens is 482 g/mol. The summed E-state index contributed by atoms with van der Waals surface area (Å²) in [7, 11) is 0. The Morgan fingerprint density at radius 1 is 1.08 bits per heavy atom. The summed E-state index contributed by atoms with van der Waals surface area (Å²) < 4.78 is 38.8. The maximum Gasteiger partial charge on any atom is 0.270 e. The lowest BCUT2D eigenvalue weighted by Gasteiger charge is -2.22. The van der Waals surface area contributed by atoms with Crippen LogP contribution in [0.2, 0.25) is 0 Å². The first-order valence-electron chi connectivity index (χ1n) is 12.2. The van der Waals surface area contributed by atoms with Crippen LogP contribution in [0.4, 0.5) is 8.78 Å². The van der Waals surface area contributed by atoms with Crippen molar-refractivity contribution in [2.45, 2.75) is 65.6 Å². The monoisotopic (exact) mass is 514 g/mol. The minimum Gasteiger partial charge on any atom is -0.454 e. The molecule has 0 saturated carbocycles. The van der Waals surface area contributed by atoms with Gasteiger partial charge >= 0.3 is 0 Å². The van der Waals surface area contributed by atoms with Gasteiger partial charge in [-0.05, 0) is 41.7 Å². The number of hydrogen-bond donors (Lipinski definition) is 0. The minimum atomic E-state index is -2.90. The van der Waals surface area contributed by atoms with Crippen molar-refractivity contribution in [2.75, 3.05) is 6.79 Å². The minimum absolute atomic E-state index is 0.00782. The average molecular weight is 515 g/mol. The number of ketones is 1. The summed E-state index contributed by atoms with van der Waals surface area (Å²) in [6, 6.07) is 12.3. The lowest BCUT2D eigenvalue weighted by molar-refractivity contribution is 0.0173. The highest BCUT2D eigenvalue weighted by Gasteiger charge is 2.24. The number of benzene rings is 2. The second-order valence-corrected chi connectivity index (χ2v) is 10.7. The number of carbonyl (C=O) groups excluding carboxylic acids is 1. The lowest BCUT2D eigenvalue weighted by atomic mass is 10.0. The number of fused-ring (bicyclic) bond motifs is 1. The fourth-order valence-electron chi connectivity index (χ4n) is 4.17. The number of hydrogen-bond acceptors (Lipinski definition) is 6. The molecular formula is C28H32F2N2O3S. The third-order valence-corrected chi connectivity index (χ3v) is 6.90. The number of thiazole rings is 1. The van der Waals surface area contributed by atoms with E-state index in [2.05, 4.69) is 23.7 Å². The van der Waals surface area contributed by atoms with E-state index in [0.29, 0.717) is 49.2 Å². The Labute approximate surface area is 215 Å². The smallest absolute Gasteiger partial charge is 0.270 e. The number of nitrogens with zero attached hydrogens (tertiary/aromatic N) is 2. The molecule has 0 radical (unpaired) electrons. The Hall–Kier alpha value is -2.84. The van der Waals surface area contributed by atoms with Crippen LogP contribution in [0.3, 0.4) is 0 Å². The van der Waals surface area contributed by atoms with Gasteiger partial charge in [0.05, 0.1) is 6.54 Å². The molecule has 36 heavy (non-hydrogen) atoms. The molecule has 3 aromatic rings. The van der Waals surface area contributed by atoms with Crippen molar-refractivity contribution in [2.24, 2.45) is 5.92 Å². The van der Waals surface area contributed by atoms with Crippen molar-refractivity contribution < 1.29 is 23.0 Å². The molecule has 0 saturated heterocycles. The third-order valence-electron chi connectivity index (χ3n) is 6.06. The zero-order chi connectivity index (χ0) is 25.7. The zero-order valence-electron chi connectivity index (χ0n) is 20.9. The van der Waals surface area contributed by atoms with Gasteiger partial charge in [0.25, 0.3) is 5.92 Å². The van der Waals surface area contributed by atoms with Crippen molar-refractivity contribution in [3.8, 4) is 11.5 Å². The van der Waals surface area contributed by atoms with E-state index in [0.717, 1.165) is 35.9 Å². The van der Waals surface area contributed by atoms with Gasteiger partial charge in [0.2, 0.25) is 6.79 Å². The summed E-state index contributed by atoms with van der Waals surface area (Å²) in [5.74, 6) is -0.858. The molecule has 8 heteroatoms. The van der Waals surface area contributed by atoms with Gasteiger partial charge in [-0.1, -0.05) is 44.5 Å². The van der Waals surface area contributed by atoms with E-state index in [1.54, 1.807) is 12.1 Å². The molecule has 0 unspecified atom stereocenters. The summed E-state index contributed by atoms with van der Waals surface area (Å²) in [5.41, 5.74) is 2.30. The maximum atomic E-state index is 13.9. The molecule has 0 atom stereocenters. The Balaban J connectivity index is 1.50.